The van der Waals surface area contributed by atoms with Gasteiger partial charge in [-0.05, 0) is 48.4 Å². The van der Waals surface area contributed by atoms with Gasteiger partial charge in [-0.3, -0.25) is 4.79 Å². The standard InChI is InChI=1S/C21H22F3N3O3/c1-29-18-11-27(12-18)20(28)16-9-25-19(26-10-16)5-2-13-6-15(14-3-4-14)8-17(7-13)30-21(22,23)24/h6-10,14,18H,2-5,11-12H2,1H3. The molecule has 160 valence electrons. The van der Waals surface area contributed by atoms with Crippen LogP contribution in [0.1, 0.15) is 46.1 Å². The van der Waals surface area contributed by atoms with Gasteiger partial charge < -0.3 is 14.4 Å². The first-order valence-corrected chi connectivity index (χ1v) is 9.83. The summed E-state index contributed by atoms with van der Waals surface area (Å²) in [5.74, 6) is 0.509. The van der Waals surface area contributed by atoms with E-state index < -0.39 is 6.36 Å². The molecule has 1 aliphatic carbocycles. The van der Waals surface area contributed by atoms with Gasteiger partial charge >= 0.3 is 6.36 Å². The van der Waals surface area contributed by atoms with E-state index in [9.17, 15) is 18.0 Å². The molecule has 6 nitrogen and oxygen atoms in total. The van der Waals surface area contributed by atoms with Gasteiger partial charge in [-0.1, -0.05) is 6.07 Å². The van der Waals surface area contributed by atoms with Gasteiger partial charge in [0.25, 0.3) is 5.91 Å². The van der Waals surface area contributed by atoms with Gasteiger partial charge in [-0.25, -0.2) is 9.97 Å². The average molecular weight is 421 g/mol. The second kappa shape index (κ2) is 8.22. The topological polar surface area (TPSA) is 64.5 Å². The summed E-state index contributed by atoms with van der Waals surface area (Å²) in [5, 5.41) is 0. The Hall–Kier alpha value is -2.68. The van der Waals surface area contributed by atoms with E-state index in [4.69, 9.17) is 4.74 Å². The maximum absolute atomic E-state index is 12.6. The summed E-state index contributed by atoms with van der Waals surface area (Å²) in [6.07, 6.45) is 1.22. The van der Waals surface area contributed by atoms with Gasteiger partial charge in [0, 0.05) is 39.0 Å². The molecule has 2 aliphatic rings. The third-order valence-electron chi connectivity index (χ3n) is 5.33. The van der Waals surface area contributed by atoms with Gasteiger partial charge in [-0.2, -0.15) is 0 Å². The number of hydrogen-bond acceptors (Lipinski definition) is 5. The number of halogens is 3. The summed E-state index contributed by atoms with van der Waals surface area (Å²) < 4.78 is 47.2. The van der Waals surface area contributed by atoms with Crippen molar-refractivity contribution in [2.45, 2.75) is 44.1 Å². The number of amides is 1. The number of aryl methyl sites for hydroxylation is 2. The minimum Gasteiger partial charge on any atom is -0.406 e. The van der Waals surface area contributed by atoms with Crippen molar-refractivity contribution >= 4 is 5.91 Å². The third-order valence-corrected chi connectivity index (χ3v) is 5.33. The number of benzene rings is 1. The molecule has 30 heavy (non-hydrogen) atoms. The first-order chi connectivity index (χ1) is 14.3. The molecule has 2 aromatic rings. The molecule has 1 amide bonds. The van der Waals surface area contributed by atoms with E-state index in [0.717, 1.165) is 24.0 Å². The molecule has 1 aromatic heterocycles. The van der Waals surface area contributed by atoms with Crippen LogP contribution in [0.3, 0.4) is 0 Å². The maximum Gasteiger partial charge on any atom is 0.573 e. The molecule has 0 atom stereocenters. The number of alkyl halides is 3. The highest BCUT2D eigenvalue weighted by molar-refractivity contribution is 5.94. The van der Waals surface area contributed by atoms with Crippen LogP contribution in [0.2, 0.25) is 0 Å². The molecule has 1 saturated carbocycles. The Morgan fingerprint density at radius 1 is 1.13 bits per heavy atom. The smallest absolute Gasteiger partial charge is 0.406 e. The predicted molar refractivity (Wildman–Crippen MR) is 101 cm³/mol. The van der Waals surface area contributed by atoms with Crippen molar-refractivity contribution in [3.8, 4) is 5.75 Å². The summed E-state index contributed by atoms with van der Waals surface area (Å²) >= 11 is 0. The van der Waals surface area contributed by atoms with Crippen LogP contribution in [0.15, 0.2) is 30.6 Å². The first kappa shape index (κ1) is 20.6. The van der Waals surface area contributed by atoms with Gasteiger partial charge in [0.2, 0.25) is 0 Å². The molecule has 1 saturated heterocycles. The third kappa shape index (κ3) is 5.08. The number of ether oxygens (including phenoxy) is 2. The fourth-order valence-electron chi connectivity index (χ4n) is 3.46. The molecule has 0 N–H and O–H groups in total. The molecule has 2 fully saturated rings. The number of rotatable bonds is 7. The first-order valence-electron chi connectivity index (χ1n) is 9.83. The molecule has 2 heterocycles. The number of methoxy groups -OCH3 is 1. The maximum atomic E-state index is 12.6. The van der Waals surface area contributed by atoms with Crippen LogP contribution in [0, 0.1) is 0 Å². The monoisotopic (exact) mass is 421 g/mol. The van der Waals surface area contributed by atoms with Gasteiger partial charge in [0.05, 0.1) is 11.7 Å². The predicted octanol–water partition coefficient (Wildman–Crippen LogP) is 3.51. The molecule has 9 heteroatoms. The zero-order valence-corrected chi connectivity index (χ0v) is 16.5. The van der Waals surface area contributed by atoms with Crippen molar-refractivity contribution in [3.05, 3.63) is 53.1 Å². The Kier molecular flexibility index (Phi) is 5.64. The SMILES string of the molecule is COC1CN(C(=O)c2cnc(CCc3cc(OC(F)(F)F)cc(C4CC4)c3)nc2)C1. The Balaban J connectivity index is 1.39. The molecule has 4 rings (SSSR count). The lowest BCUT2D eigenvalue weighted by Crippen LogP contribution is -2.54. The van der Waals surface area contributed by atoms with Crippen LogP contribution >= 0.6 is 0 Å². The van der Waals surface area contributed by atoms with Crippen LogP contribution in [-0.2, 0) is 17.6 Å². The van der Waals surface area contributed by atoms with Crippen molar-refractivity contribution in [1.82, 2.24) is 14.9 Å². The fraction of sp³-hybridized carbons (Fsp3) is 0.476. The fourth-order valence-corrected chi connectivity index (χ4v) is 3.46. The van der Waals surface area contributed by atoms with Crippen LogP contribution in [0.25, 0.3) is 0 Å². The van der Waals surface area contributed by atoms with Crippen molar-refractivity contribution in [3.63, 3.8) is 0 Å². The molecule has 0 spiro atoms. The Labute approximate surface area is 172 Å². The van der Waals surface area contributed by atoms with Crippen molar-refractivity contribution in [2.75, 3.05) is 20.2 Å². The van der Waals surface area contributed by atoms with E-state index in [2.05, 4.69) is 14.7 Å². The van der Waals surface area contributed by atoms with Gasteiger partial charge in [0.1, 0.15) is 11.6 Å². The van der Waals surface area contributed by atoms with Crippen molar-refractivity contribution < 1.29 is 27.4 Å². The van der Waals surface area contributed by atoms with E-state index >= 15 is 0 Å². The van der Waals surface area contributed by atoms with Crippen LogP contribution < -0.4 is 4.74 Å². The Morgan fingerprint density at radius 3 is 2.43 bits per heavy atom. The number of likely N-dealkylation sites (tertiary alicyclic amines) is 1. The number of carbonyl (C=O) groups is 1. The van der Waals surface area contributed by atoms with E-state index in [1.54, 1.807) is 12.0 Å². The van der Waals surface area contributed by atoms with E-state index in [0.29, 0.717) is 43.2 Å². The molecule has 0 unspecified atom stereocenters. The molecule has 1 aliphatic heterocycles. The van der Waals surface area contributed by atoms with Crippen LogP contribution in [0.4, 0.5) is 13.2 Å². The lowest BCUT2D eigenvalue weighted by Gasteiger charge is -2.37. The number of nitrogens with zero attached hydrogens (tertiary/aromatic N) is 3. The average Bonchev–Trinajstić information content (AvgIpc) is 3.49. The van der Waals surface area contributed by atoms with Crippen molar-refractivity contribution in [2.24, 2.45) is 0 Å². The second-order valence-electron chi connectivity index (χ2n) is 7.69. The lowest BCUT2D eigenvalue weighted by molar-refractivity contribution is -0.274. The lowest BCUT2D eigenvalue weighted by atomic mass is 10.0. The van der Waals surface area contributed by atoms with E-state index in [1.165, 1.54) is 24.5 Å². The highest BCUT2D eigenvalue weighted by Gasteiger charge is 2.33. The summed E-state index contributed by atoms with van der Waals surface area (Å²) in [4.78, 5) is 22.5. The van der Waals surface area contributed by atoms with E-state index in [-0.39, 0.29) is 17.8 Å². The van der Waals surface area contributed by atoms with Crippen LogP contribution in [0.5, 0.6) is 5.75 Å². The molecular formula is C21H22F3N3O3. The normalized spacial score (nSPS) is 17.0. The number of hydrogen-bond donors (Lipinski definition) is 0. The summed E-state index contributed by atoms with van der Waals surface area (Å²) in [7, 11) is 1.61. The minimum absolute atomic E-state index is 0.0757. The Morgan fingerprint density at radius 2 is 1.83 bits per heavy atom. The molecule has 1 aromatic carbocycles. The quantitative estimate of drug-likeness (QED) is 0.685. The van der Waals surface area contributed by atoms with E-state index in [1.807, 2.05) is 6.07 Å². The minimum atomic E-state index is -4.72. The number of carbonyl (C=O) groups excluding carboxylic acids is 1. The zero-order chi connectivity index (χ0) is 21.3. The van der Waals surface area contributed by atoms with Crippen molar-refractivity contribution in [1.29, 1.82) is 0 Å². The summed E-state index contributed by atoms with van der Waals surface area (Å²) in [6, 6.07) is 4.80. The van der Waals surface area contributed by atoms with Gasteiger partial charge in [0.15, 0.2) is 0 Å². The zero-order valence-electron chi connectivity index (χ0n) is 16.5. The Bertz CT molecular complexity index is 908. The molecular weight excluding hydrogens is 399 g/mol. The van der Waals surface area contributed by atoms with Gasteiger partial charge in [-0.15, -0.1) is 13.2 Å². The largest absolute Gasteiger partial charge is 0.573 e. The highest BCUT2D eigenvalue weighted by Crippen LogP contribution is 2.42. The summed E-state index contributed by atoms with van der Waals surface area (Å²) in [5.41, 5.74) is 2.02. The number of aromatic nitrogens is 2. The molecule has 0 bridgehead atoms. The summed E-state index contributed by atoms with van der Waals surface area (Å²) in [6.45, 7) is 1.10. The molecule has 0 radical (unpaired) electrons. The second-order valence-corrected chi connectivity index (χ2v) is 7.69. The highest BCUT2D eigenvalue weighted by atomic mass is 19.4. The van der Waals surface area contributed by atoms with Crippen LogP contribution in [-0.4, -0.2) is 53.4 Å².